The summed E-state index contributed by atoms with van der Waals surface area (Å²) in [4.78, 5) is 23.6. The molecular weight excluding hydrogens is 367 g/mol. The van der Waals surface area contributed by atoms with E-state index in [-0.39, 0.29) is 11.3 Å². The molecule has 10 heteroatoms. The van der Waals surface area contributed by atoms with Gasteiger partial charge in [0.15, 0.2) is 6.10 Å². The Morgan fingerprint density at radius 3 is 2.22 bits per heavy atom. The van der Waals surface area contributed by atoms with Crippen LogP contribution in [0.2, 0.25) is 0 Å². The maximum absolute atomic E-state index is 12.6. The number of carbonyl (C=O) groups excluding carboxylic acids is 2. The standard InChI is InChI=1S/C17H16F3N3O4/c18-17(19,20)10-5-7-11(8-6-10)21-13-4-2-1-3-12(13)15(26)22-23-16(27)14(25)9-24/h1-8,14,21,24-25H,9H2,(H,22,26)(H,23,27). The number of aliphatic hydroxyl groups is 2. The van der Waals surface area contributed by atoms with Crippen LogP contribution in [0, 0.1) is 0 Å². The third-order valence-electron chi connectivity index (χ3n) is 3.44. The molecule has 0 fully saturated rings. The van der Waals surface area contributed by atoms with Gasteiger partial charge in [0.2, 0.25) is 0 Å². The number of carbonyl (C=O) groups is 2. The van der Waals surface area contributed by atoms with Gasteiger partial charge in [0.05, 0.1) is 23.4 Å². The zero-order chi connectivity index (χ0) is 20.0. The van der Waals surface area contributed by atoms with Crippen molar-refractivity contribution in [2.45, 2.75) is 12.3 Å². The number of hydrogen-bond donors (Lipinski definition) is 5. The molecule has 5 N–H and O–H groups in total. The average molecular weight is 383 g/mol. The second-order valence-corrected chi connectivity index (χ2v) is 5.39. The summed E-state index contributed by atoms with van der Waals surface area (Å²) < 4.78 is 37.8. The molecule has 0 aliphatic rings. The number of hydrazine groups is 1. The van der Waals surface area contributed by atoms with Crippen LogP contribution in [0.4, 0.5) is 24.5 Å². The molecule has 0 aromatic heterocycles. The number of alkyl halides is 3. The molecule has 0 spiro atoms. The van der Waals surface area contributed by atoms with Gasteiger partial charge in [-0.1, -0.05) is 12.1 Å². The normalized spacial score (nSPS) is 12.2. The Morgan fingerprint density at radius 2 is 1.63 bits per heavy atom. The van der Waals surface area contributed by atoms with Crippen LogP contribution >= 0.6 is 0 Å². The number of rotatable bonds is 5. The monoisotopic (exact) mass is 383 g/mol. The first-order valence-electron chi connectivity index (χ1n) is 7.65. The maximum Gasteiger partial charge on any atom is 0.416 e. The van der Waals surface area contributed by atoms with E-state index in [1.807, 2.05) is 5.43 Å². The van der Waals surface area contributed by atoms with E-state index in [9.17, 15) is 22.8 Å². The lowest BCUT2D eigenvalue weighted by molar-refractivity contribution is -0.137. The molecule has 2 rings (SSSR count). The number of halogens is 3. The van der Waals surface area contributed by atoms with Gasteiger partial charge in [-0.25, -0.2) is 0 Å². The Bertz CT molecular complexity index is 810. The highest BCUT2D eigenvalue weighted by Crippen LogP contribution is 2.30. The predicted octanol–water partition coefficient (Wildman–Crippen LogP) is 1.56. The van der Waals surface area contributed by atoms with Crippen molar-refractivity contribution in [3.8, 4) is 0 Å². The van der Waals surface area contributed by atoms with Crippen molar-refractivity contribution in [3.63, 3.8) is 0 Å². The van der Waals surface area contributed by atoms with Gasteiger partial charge in [0.1, 0.15) is 0 Å². The van der Waals surface area contributed by atoms with Crippen LogP contribution in [0.1, 0.15) is 15.9 Å². The van der Waals surface area contributed by atoms with E-state index in [2.05, 4.69) is 10.7 Å². The first-order chi connectivity index (χ1) is 12.7. The molecule has 2 aromatic rings. The Balaban J connectivity index is 2.11. The van der Waals surface area contributed by atoms with Gasteiger partial charge in [-0.2, -0.15) is 13.2 Å². The van der Waals surface area contributed by atoms with Crippen molar-refractivity contribution in [3.05, 3.63) is 59.7 Å². The van der Waals surface area contributed by atoms with Crippen LogP contribution in [0.3, 0.4) is 0 Å². The SMILES string of the molecule is O=C(NNC(=O)C(O)CO)c1ccccc1Nc1ccc(C(F)(F)F)cc1. The molecule has 0 saturated heterocycles. The number of benzene rings is 2. The first-order valence-corrected chi connectivity index (χ1v) is 7.65. The lowest BCUT2D eigenvalue weighted by Gasteiger charge is -2.14. The van der Waals surface area contributed by atoms with Crippen molar-refractivity contribution >= 4 is 23.2 Å². The summed E-state index contributed by atoms with van der Waals surface area (Å²) in [6, 6.07) is 10.4. The number of amides is 2. The molecule has 0 radical (unpaired) electrons. The fraction of sp³-hybridized carbons (Fsp3) is 0.176. The van der Waals surface area contributed by atoms with E-state index in [4.69, 9.17) is 10.2 Å². The number of hydrogen-bond acceptors (Lipinski definition) is 5. The van der Waals surface area contributed by atoms with Gasteiger partial charge in [-0.3, -0.25) is 20.4 Å². The van der Waals surface area contributed by atoms with Gasteiger partial charge in [-0.15, -0.1) is 0 Å². The molecule has 0 aliphatic carbocycles. The maximum atomic E-state index is 12.6. The Kier molecular flexibility index (Phi) is 6.37. The summed E-state index contributed by atoms with van der Waals surface area (Å²) in [5.74, 6) is -1.73. The molecule has 0 heterocycles. The lowest BCUT2D eigenvalue weighted by atomic mass is 10.1. The summed E-state index contributed by atoms with van der Waals surface area (Å²) in [7, 11) is 0. The molecular formula is C17H16F3N3O4. The molecule has 144 valence electrons. The summed E-state index contributed by atoms with van der Waals surface area (Å²) in [6.07, 6.45) is -6.14. The van der Waals surface area contributed by atoms with Crippen LogP contribution < -0.4 is 16.2 Å². The predicted molar refractivity (Wildman–Crippen MR) is 89.9 cm³/mol. The van der Waals surface area contributed by atoms with Crippen LogP contribution in [0.25, 0.3) is 0 Å². The molecule has 7 nitrogen and oxygen atoms in total. The first kappa shape index (κ1) is 20.2. The fourth-order valence-corrected chi connectivity index (χ4v) is 2.04. The highest BCUT2D eigenvalue weighted by atomic mass is 19.4. The highest BCUT2D eigenvalue weighted by molar-refractivity contribution is 6.01. The van der Waals surface area contributed by atoms with Crippen LogP contribution in [-0.2, 0) is 11.0 Å². The van der Waals surface area contributed by atoms with E-state index < -0.39 is 36.3 Å². The smallest absolute Gasteiger partial charge is 0.393 e. The molecule has 0 bridgehead atoms. The second kappa shape index (κ2) is 8.52. The minimum Gasteiger partial charge on any atom is -0.393 e. The van der Waals surface area contributed by atoms with E-state index in [0.29, 0.717) is 5.69 Å². The average Bonchev–Trinajstić information content (AvgIpc) is 2.65. The third kappa shape index (κ3) is 5.43. The van der Waals surface area contributed by atoms with Crippen molar-refractivity contribution in [2.24, 2.45) is 0 Å². The Hall–Kier alpha value is -3.11. The van der Waals surface area contributed by atoms with Crippen LogP contribution in [-0.4, -0.2) is 34.7 Å². The van der Waals surface area contributed by atoms with E-state index in [0.717, 1.165) is 12.1 Å². The van der Waals surface area contributed by atoms with Crippen molar-refractivity contribution in [1.29, 1.82) is 0 Å². The van der Waals surface area contributed by atoms with E-state index in [1.165, 1.54) is 24.3 Å². The molecule has 2 amide bonds. The van der Waals surface area contributed by atoms with Crippen molar-refractivity contribution in [1.82, 2.24) is 10.9 Å². The number of para-hydroxylation sites is 1. The lowest BCUT2D eigenvalue weighted by Crippen LogP contribution is -2.47. The minimum atomic E-state index is -4.45. The van der Waals surface area contributed by atoms with Crippen LogP contribution in [0.15, 0.2) is 48.5 Å². The summed E-state index contributed by atoms with van der Waals surface area (Å²) in [5, 5.41) is 20.6. The number of anilines is 2. The minimum absolute atomic E-state index is 0.0937. The van der Waals surface area contributed by atoms with Crippen molar-refractivity contribution in [2.75, 3.05) is 11.9 Å². The van der Waals surface area contributed by atoms with Gasteiger partial charge < -0.3 is 15.5 Å². The topological polar surface area (TPSA) is 111 Å². The molecule has 27 heavy (non-hydrogen) atoms. The van der Waals surface area contributed by atoms with Crippen molar-refractivity contribution < 1.29 is 33.0 Å². The van der Waals surface area contributed by atoms with Gasteiger partial charge >= 0.3 is 6.18 Å². The fourth-order valence-electron chi connectivity index (χ4n) is 2.04. The van der Waals surface area contributed by atoms with Gasteiger partial charge in [-0.05, 0) is 36.4 Å². The molecule has 0 aliphatic heterocycles. The van der Waals surface area contributed by atoms with Gasteiger partial charge in [0, 0.05) is 5.69 Å². The van der Waals surface area contributed by atoms with Gasteiger partial charge in [0.25, 0.3) is 11.8 Å². The summed E-state index contributed by atoms with van der Waals surface area (Å²) >= 11 is 0. The third-order valence-corrected chi connectivity index (χ3v) is 3.44. The molecule has 2 aromatic carbocycles. The molecule has 1 unspecified atom stereocenters. The Morgan fingerprint density at radius 1 is 1.00 bits per heavy atom. The van der Waals surface area contributed by atoms with E-state index >= 15 is 0 Å². The number of aliphatic hydroxyl groups excluding tert-OH is 2. The summed E-state index contributed by atoms with van der Waals surface area (Å²) in [5.41, 5.74) is 3.91. The second-order valence-electron chi connectivity index (χ2n) is 5.39. The Labute approximate surface area is 151 Å². The molecule has 0 saturated carbocycles. The highest BCUT2D eigenvalue weighted by Gasteiger charge is 2.30. The molecule has 1 atom stereocenters. The van der Waals surface area contributed by atoms with Crippen LogP contribution in [0.5, 0.6) is 0 Å². The summed E-state index contributed by atoms with van der Waals surface area (Å²) in [6.45, 7) is -0.812. The quantitative estimate of drug-likeness (QED) is 0.504. The van der Waals surface area contributed by atoms with E-state index in [1.54, 1.807) is 12.1 Å². The largest absolute Gasteiger partial charge is 0.416 e. The number of nitrogens with one attached hydrogen (secondary N) is 3. The zero-order valence-electron chi connectivity index (χ0n) is 13.7. The zero-order valence-corrected chi connectivity index (χ0v) is 13.7.